The number of hydrogen-bond donors (Lipinski definition) is 3. The molecule has 0 saturated carbocycles. The highest BCUT2D eigenvalue weighted by atomic mass is 35.6. The van der Waals surface area contributed by atoms with Gasteiger partial charge in [0.05, 0.1) is 26.3 Å². The quantitative estimate of drug-likeness (QED) is 0.229. The van der Waals surface area contributed by atoms with E-state index in [1.807, 2.05) is 0 Å². The van der Waals surface area contributed by atoms with E-state index in [0.717, 1.165) is 0 Å². The summed E-state index contributed by atoms with van der Waals surface area (Å²) in [6.07, 6.45) is -1.21. The minimum atomic E-state index is -1.95. The highest BCUT2D eigenvalue weighted by Gasteiger charge is 2.35. The molecule has 2 rings (SSSR count). The maximum absolute atomic E-state index is 12.5. The lowest BCUT2D eigenvalue weighted by atomic mass is 10.2. The first-order valence-electron chi connectivity index (χ1n) is 7.33. The molecule has 0 aliphatic heterocycles. The maximum Gasteiger partial charge on any atom is 0.254 e. The molecule has 150 valence electrons. The standard InChI is InChI=1S/C16H10Cl7N3OS/c17-7-4-5-8(11(20)6-7)13(27)25-14(16(21,22)23)26-15(28)24-12-9(18)2-1-3-10(12)19/h1-6,14H,(H,25,27)(H2,24,26,28). The van der Waals surface area contributed by atoms with Crippen LogP contribution in [-0.2, 0) is 0 Å². The SMILES string of the molecule is O=C(NC(NC(=S)Nc1c(Cl)cccc1Cl)C(Cl)(Cl)Cl)c1ccc(Cl)cc1Cl. The number of rotatable bonds is 4. The third-order valence-electron chi connectivity index (χ3n) is 3.26. The minimum absolute atomic E-state index is 0.00817. The van der Waals surface area contributed by atoms with Gasteiger partial charge in [-0.2, -0.15) is 0 Å². The number of carbonyl (C=O) groups excluding carboxylic acids is 1. The monoisotopic (exact) mass is 537 g/mol. The number of benzene rings is 2. The van der Waals surface area contributed by atoms with Gasteiger partial charge in [-0.15, -0.1) is 0 Å². The maximum atomic E-state index is 12.5. The summed E-state index contributed by atoms with van der Waals surface area (Å²) in [6, 6.07) is 9.28. The highest BCUT2D eigenvalue weighted by molar-refractivity contribution is 7.80. The first kappa shape index (κ1) is 23.9. The van der Waals surface area contributed by atoms with E-state index in [9.17, 15) is 4.79 Å². The van der Waals surface area contributed by atoms with E-state index in [0.29, 0.717) is 20.8 Å². The van der Waals surface area contributed by atoms with Gasteiger partial charge in [0.2, 0.25) is 3.79 Å². The lowest BCUT2D eigenvalue weighted by Crippen LogP contribution is -2.56. The van der Waals surface area contributed by atoms with E-state index in [1.165, 1.54) is 18.2 Å². The van der Waals surface area contributed by atoms with E-state index >= 15 is 0 Å². The van der Waals surface area contributed by atoms with Gasteiger partial charge in [-0.05, 0) is 42.5 Å². The van der Waals surface area contributed by atoms with Crippen LogP contribution >= 0.6 is 93.4 Å². The fraction of sp³-hybridized carbons (Fsp3) is 0.125. The van der Waals surface area contributed by atoms with Gasteiger partial charge in [-0.3, -0.25) is 4.79 Å². The predicted molar refractivity (Wildman–Crippen MR) is 124 cm³/mol. The Labute approximate surface area is 201 Å². The zero-order valence-electron chi connectivity index (χ0n) is 13.5. The second kappa shape index (κ2) is 10.1. The highest BCUT2D eigenvalue weighted by Crippen LogP contribution is 2.32. The summed E-state index contributed by atoms with van der Waals surface area (Å²) in [5, 5.41) is 9.19. The van der Waals surface area contributed by atoms with Gasteiger partial charge in [-0.1, -0.05) is 87.3 Å². The Balaban J connectivity index is 2.15. The summed E-state index contributed by atoms with van der Waals surface area (Å²) in [5.74, 6) is -0.607. The molecule has 28 heavy (non-hydrogen) atoms. The summed E-state index contributed by atoms with van der Waals surface area (Å²) in [6.45, 7) is 0. The van der Waals surface area contributed by atoms with Crippen LogP contribution in [0.2, 0.25) is 20.1 Å². The summed E-state index contributed by atoms with van der Waals surface area (Å²) in [4.78, 5) is 12.5. The van der Waals surface area contributed by atoms with Crippen molar-refractivity contribution in [3.63, 3.8) is 0 Å². The van der Waals surface area contributed by atoms with Crippen LogP contribution in [-0.4, -0.2) is 21.0 Å². The number of hydrogen-bond acceptors (Lipinski definition) is 2. The number of para-hydroxylation sites is 1. The molecule has 0 aliphatic carbocycles. The average Bonchev–Trinajstić information content (AvgIpc) is 2.56. The third kappa shape index (κ3) is 6.57. The van der Waals surface area contributed by atoms with E-state index in [2.05, 4.69) is 16.0 Å². The van der Waals surface area contributed by atoms with Crippen molar-refractivity contribution >= 4 is 110 Å². The van der Waals surface area contributed by atoms with Gasteiger partial charge < -0.3 is 16.0 Å². The molecule has 0 fully saturated rings. The lowest BCUT2D eigenvalue weighted by Gasteiger charge is -2.28. The van der Waals surface area contributed by atoms with Crippen LogP contribution in [0.15, 0.2) is 36.4 Å². The number of anilines is 1. The number of nitrogens with one attached hydrogen (secondary N) is 3. The van der Waals surface area contributed by atoms with Gasteiger partial charge in [0.25, 0.3) is 5.91 Å². The molecule has 4 nitrogen and oxygen atoms in total. The van der Waals surface area contributed by atoms with Crippen LogP contribution in [0.5, 0.6) is 0 Å². The molecular weight excluding hydrogens is 530 g/mol. The van der Waals surface area contributed by atoms with Gasteiger partial charge in [0.15, 0.2) is 5.11 Å². The molecule has 1 unspecified atom stereocenters. The van der Waals surface area contributed by atoms with Crippen molar-refractivity contribution < 1.29 is 4.79 Å². The zero-order valence-corrected chi connectivity index (χ0v) is 19.6. The van der Waals surface area contributed by atoms with Crippen molar-refractivity contribution in [1.29, 1.82) is 0 Å². The minimum Gasteiger partial charge on any atom is -0.339 e. The van der Waals surface area contributed by atoms with Crippen LogP contribution < -0.4 is 16.0 Å². The Hall–Kier alpha value is -0.370. The first-order chi connectivity index (χ1) is 13.0. The van der Waals surface area contributed by atoms with Crippen LogP contribution in [0.1, 0.15) is 10.4 Å². The van der Waals surface area contributed by atoms with Gasteiger partial charge >= 0.3 is 0 Å². The van der Waals surface area contributed by atoms with E-state index < -0.39 is 15.9 Å². The smallest absolute Gasteiger partial charge is 0.254 e. The van der Waals surface area contributed by atoms with E-state index in [1.54, 1.807) is 18.2 Å². The number of amides is 1. The Kier molecular flexibility index (Phi) is 8.62. The molecule has 0 radical (unpaired) electrons. The number of halogens is 7. The topological polar surface area (TPSA) is 53.2 Å². The number of alkyl halides is 3. The normalized spacial score (nSPS) is 12.2. The third-order valence-corrected chi connectivity index (χ3v) is 5.31. The molecule has 0 heterocycles. The van der Waals surface area contributed by atoms with E-state index in [4.69, 9.17) is 93.4 Å². The Morgan fingerprint density at radius 1 is 0.929 bits per heavy atom. The molecular formula is C16H10Cl7N3OS. The molecule has 0 aliphatic rings. The molecule has 1 amide bonds. The molecule has 0 saturated heterocycles. The molecule has 12 heteroatoms. The average molecular weight is 541 g/mol. The van der Waals surface area contributed by atoms with Crippen molar-refractivity contribution in [2.75, 3.05) is 5.32 Å². The Bertz CT molecular complexity index is 884. The predicted octanol–water partition coefficient (Wildman–Crippen LogP) is 6.71. The molecule has 3 N–H and O–H groups in total. The van der Waals surface area contributed by atoms with Crippen molar-refractivity contribution in [3.05, 3.63) is 62.1 Å². The summed E-state index contributed by atoms with van der Waals surface area (Å²) in [5.41, 5.74) is 0.499. The number of thiocarbonyl (C=S) groups is 1. The Morgan fingerprint density at radius 2 is 1.54 bits per heavy atom. The molecule has 0 spiro atoms. The number of carbonyl (C=O) groups is 1. The summed E-state index contributed by atoms with van der Waals surface area (Å²) in [7, 11) is 0. The second-order valence-corrected chi connectivity index (χ2v) is 9.70. The fourth-order valence-corrected chi connectivity index (χ4v) is 3.51. The van der Waals surface area contributed by atoms with Crippen molar-refractivity contribution in [2.24, 2.45) is 0 Å². The molecule has 0 aromatic heterocycles. The molecule has 1 atom stereocenters. The fourth-order valence-electron chi connectivity index (χ4n) is 1.98. The van der Waals surface area contributed by atoms with Crippen molar-refractivity contribution in [1.82, 2.24) is 10.6 Å². The first-order valence-corrected chi connectivity index (χ1v) is 10.4. The van der Waals surface area contributed by atoms with Crippen LogP contribution in [0, 0.1) is 0 Å². The van der Waals surface area contributed by atoms with Crippen LogP contribution in [0.3, 0.4) is 0 Å². The van der Waals surface area contributed by atoms with Gasteiger partial charge in [0.1, 0.15) is 6.17 Å². The lowest BCUT2D eigenvalue weighted by molar-refractivity contribution is 0.0934. The molecule has 2 aromatic carbocycles. The van der Waals surface area contributed by atoms with Crippen LogP contribution in [0.25, 0.3) is 0 Å². The van der Waals surface area contributed by atoms with E-state index in [-0.39, 0.29) is 15.7 Å². The summed E-state index contributed by atoms with van der Waals surface area (Å²) >= 11 is 47.1. The molecule has 0 bridgehead atoms. The van der Waals surface area contributed by atoms with Crippen molar-refractivity contribution in [2.45, 2.75) is 9.96 Å². The Morgan fingerprint density at radius 3 is 2.07 bits per heavy atom. The largest absolute Gasteiger partial charge is 0.339 e. The molecule has 2 aromatic rings. The van der Waals surface area contributed by atoms with Gasteiger partial charge in [0, 0.05) is 5.02 Å². The zero-order chi connectivity index (χ0) is 21.1. The van der Waals surface area contributed by atoms with Crippen molar-refractivity contribution in [3.8, 4) is 0 Å². The summed E-state index contributed by atoms with van der Waals surface area (Å²) < 4.78 is -1.95. The van der Waals surface area contributed by atoms with Gasteiger partial charge in [-0.25, -0.2) is 0 Å². The second-order valence-electron chi connectivity index (χ2n) is 5.27. The van der Waals surface area contributed by atoms with Crippen LogP contribution in [0.4, 0.5) is 5.69 Å².